The molecule has 0 unspecified atom stereocenters. The molecule has 0 atom stereocenters. The summed E-state index contributed by atoms with van der Waals surface area (Å²) in [5, 5.41) is 0. The second-order valence-corrected chi connectivity index (χ2v) is 2.63. The Balaban J connectivity index is -0.000000333. The van der Waals surface area contributed by atoms with E-state index in [-0.39, 0.29) is 60.2 Å². The fourth-order valence-electron chi connectivity index (χ4n) is 0.870. The molecule has 0 spiro atoms. The van der Waals surface area contributed by atoms with Crippen LogP contribution >= 0.6 is 0 Å². The molecule has 4 heteroatoms. The fraction of sp³-hybridized carbons (Fsp3) is 0.333. The molecule has 13 heavy (non-hydrogen) atoms. The Kier molecular flexibility index (Phi) is 16.7. The van der Waals surface area contributed by atoms with Crippen molar-refractivity contribution in [2.75, 3.05) is 14.1 Å². The quantitative estimate of drug-likeness (QED) is 0.367. The summed E-state index contributed by atoms with van der Waals surface area (Å²) < 4.78 is 0. The Bertz CT molecular complexity index is 192. The average molecular weight is 503 g/mol. The van der Waals surface area contributed by atoms with E-state index in [2.05, 4.69) is 31.1 Å². The second-order valence-electron chi connectivity index (χ2n) is 2.63. The Hall–Kier alpha value is 1.02. The van der Waals surface area contributed by atoms with Gasteiger partial charge in [0.05, 0.1) is 0 Å². The number of rotatable bonds is 2. The van der Waals surface area contributed by atoms with Gasteiger partial charge in [-0.25, -0.2) is 0 Å². The van der Waals surface area contributed by atoms with Crippen molar-refractivity contribution < 1.29 is 34.0 Å². The number of nitrogens with zero attached hydrogens (tertiary/aromatic N) is 1. The second kappa shape index (κ2) is 11.1. The van der Waals surface area contributed by atoms with Gasteiger partial charge in [0.1, 0.15) is 0 Å². The van der Waals surface area contributed by atoms with Crippen LogP contribution in [-0.2, 0) is 6.54 Å². The zero-order valence-electron chi connectivity index (χ0n) is 7.67. The molecule has 0 fully saturated rings. The molecule has 0 aliphatic rings. The molecule has 0 aliphatic carbocycles. The van der Waals surface area contributed by atoms with Gasteiger partial charge in [-0.05, 0) is 25.7 Å². The predicted octanol–water partition coefficient (Wildman–Crippen LogP) is -4.82. The molecule has 0 aromatic heterocycles. The summed E-state index contributed by atoms with van der Waals surface area (Å²) in [6, 6.07) is 11.2. The molecule has 0 bridgehead atoms. The van der Waals surface area contributed by atoms with E-state index in [0.717, 1.165) is 6.54 Å². The Morgan fingerprint density at radius 1 is 1.23 bits per heavy atom. The largest absolute Gasteiger partial charge is 2.00 e. The smallest absolute Gasteiger partial charge is 1.00 e. The Morgan fingerprint density at radius 2 is 1.85 bits per heavy atom. The van der Waals surface area contributed by atoms with Gasteiger partial charge in [-0.1, -0.05) is 24.3 Å². The summed E-state index contributed by atoms with van der Waals surface area (Å²) >= 11 is 0. The summed E-state index contributed by atoms with van der Waals surface area (Å²) in [4.78, 5) is 2.13. The zero-order valence-corrected chi connectivity index (χ0v) is 14.3. The van der Waals surface area contributed by atoms with Crippen LogP contribution < -0.4 is 34.0 Å². The third-order valence-corrected chi connectivity index (χ3v) is 1.26. The average Bonchev–Trinajstić information content (AvgIpc) is 1.88. The fourth-order valence-corrected chi connectivity index (χ4v) is 0.870. The molecule has 0 saturated heterocycles. The molecular formula is C9H12BiBr2N. The number of benzene rings is 1. The van der Waals surface area contributed by atoms with E-state index >= 15 is 0 Å². The first-order valence-corrected chi connectivity index (χ1v) is 3.39. The molecule has 0 N–H and O–H groups in total. The molecule has 0 heterocycles. The molecule has 4 radical (unpaired) electrons. The molecule has 1 nitrogen and oxygen atoms in total. The third kappa shape index (κ3) is 9.33. The standard InChI is InChI=1S/C9H12N.Bi.2BrH/c1-10(2)8-9-6-4-3-5-7-9;;;/h3-6H,8H2,1-2H3;;2*1H/q;+2;;/p-2. The van der Waals surface area contributed by atoms with Crippen molar-refractivity contribution in [1.29, 1.82) is 0 Å². The van der Waals surface area contributed by atoms with Gasteiger partial charge in [0.15, 0.2) is 0 Å². The van der Waals surface area contributed by atoms with Crippen molar-refractivity contribution in [2.45, 2.75) is 6.54 Å². The maximum Gasteiger partial charge on any atom is 2.00 e. The van der Waals surface area contributed by atoms with Crippen LogP contribution in [0.4, 0.5) is 0 Å². The van der Waals surface area contributed by atoms with Crippen molar-refractivity contribution in [3.05, 3.63) is 35.9 Å². The molecule has 1 aromatic rings. The summed E-state index contributed by atoms with van der Waals surface area (Å²) in [5.74, 6) is 0. The first-order valence-electron chi connectivity index (χ1n) is 3.39. The molecule has 1 rings (SSSR count). The number of hydrogen-bond donors (Lipinski definition) is 0. The Labute approximate surface area is 121 Å². The van der Waals surface area contributed by atoms with Crippen LogP contribution in [0, 0.1) is 6.07 Å². The monoisotopic (exact) mass is 501 g/mol. The number of halogens is 2. The van der Waals surface area contributed by atoms with Crippen molar-refractivity contribution in [2.24, 2.45) is 0 Å². The van der Waals surface area contributed by atoms with E-state index in [9.17, 15) is 0 Å². The summed E-state index contributed by atoms with van der Waals surface area (Å²) in [7, 11) is 4.11. The van der Waals surface area contributed by atoms with Crippen LogP contribution in [0.2, 0.25) is 0 Å². The minimum Gasteiger partial charge on any atom is -1.00 e. The van der Waals surface area contributed by atoms with Gasteiger partial charge in [0, 0.05) is 6.54 Å². The van der Waals surface area contributed by atoms with Gasteiger partial charge in [-0.2, -0.15) is 0 Å². The van der Waals surface area contributed by atoms with Gasteiger partial charge < -0.3 is 38.9 Å². The van der Waals surface area contributed by atoms with Crippen molar-refractivity contribution in [3.63, 3.8) is 0 Å². The molecule has 0 saturated carbocycles. The maximum atomic E-state index is 3.16. The van der Waals surface area contributed by atoms with E-state index in [1.807, 2.05) is 18.2 Å². The van der Waals surface area contributed by atoms with E-state index < -0.39 is 0 Å². The van der Waals surface area contributed by atoms with Gasteiger partial charge >= 0.3 is 26.2 Å². The van der Waals surface area contributed by atoms with Gasteiger partial charge in [-0.3, -0.25) is 0 Å². The SMILES string of the molecule is CN(C)Cc1[c]cccc1.[Bi+2].[Br-].[Br-]. The third-order valence-electron chi connectivity index (χ3n) is 1.26. The Morgan fingerprint density at radius 3 is 2.23 bits per heavy atom. The van der Waals surface area contributed by atoms with Crippen molar-refractivity contribution in [1.82, 2.24) is 4.90 Å². The minimum absolute atomic E-state index is 0. The van der Waals surface area contributed by atoms with Gasteiger partial charge in [-0.15, -0.1) is 0 Å². The van der Waals surface area contributed by atoms with Crippen LogP contribution in [0.3, 0.4) is 0 Å². The van der Waals surface area contributed by atoms with E-state index in [1.54, 1.807) is 0 Å². The van der Waals surface area contributed by atoms with E-state index in [0.29, 0.717) is 0 Å². The summed E-state index contributed by atoms with van der Waals surface area (Å²) in [6.45, 7) is 0.973. The molecule has 1 aromatic carbocycles. The first-order chi connectivity index (χ1) is 4.79. The van der Waals surface area contributed by atoms with Crippen LogP contribution in [0.15, 0.2) is 24.3 Å². The van der Waals surface area contributed by atoms with E-state index in [4.69, 9.17) is 0 Å². The zero-order chi connectivity index (χ0) is 7.40. The first kappa shape index (κ1) is 19.6. The molecule has 0 amide bonds. The molecule has 0 aliphatic heterocycles. The van der Waals surface area contributed by atoms with Crippen molar-refractivity contribution >= 4 is 26.2 Å². The normalized spacial score (nSPS) is 7.92. The topological polar surface area (TPSA) is 3.24 Å². The maximum absolute atomic E-state index is 3.16. The van der Waals surface area contributed by atoms with Crippen LogP contribution in [0.1, 0.15) is 5.56 Å². The summed E-state index contributed by atoms with van der Waals surface area (Å²) in [5.41, 5.74) is 1.24. The molecular weight excluding hydrogens is 491 g/mol. The summed E-state index contributed by atoms with van der Waals surface area (Å²) in [6.07, 6.45) is 0. The predicted molar refractivity (Wildman–Crippen MR) is 48.4 cm³/mol. The number of hydrogen-bond acceptors (Lipinski definition) is 1. The van der Waals surface area contributed by atoms with E-state index in [1.165, 1.54) is 5.56 Å². The van der Waals surface area contributed by atoms with Crippen LogP contribution in [0.5, 0.6) is 0 Å². The minimum atomic E-state index is 0. The molecule has 72 valence electrons. The van der Waals surface area contributed by atoms with Crippen LogP contribution in [-0.4, -0.2) is 45.2 Å². The van der Waals surface area contributed by atoms with Crippen LogP contribution in [0.25, 0.3) is 0 Å². The van der Waals surface area contributed by atoms with Gasteiger partial charge in [0.2, 0.25) is 0 Å². The van der Waals surface area contributed by atoms with Crippen molar-refractivity contribution in [3.8, 4) is 0 Å². The van der Waals surface area contributed by atoms with Gasteiger partial charge in [0.25, 0.3) is 0 Å².